The molecule has 0 aliphatic carbocycles. The minimum Gasteiger partial charge on any atom is -0.374 e. The Bertz CT molecular complexity index is 585. The van der Waals surface area contributed by atoms with Crippen molar-refractivity contribution in [1.29, 1.82) is 0 Å². The fourth-order valence-corrected chi connectivity index (χ4v) is 5.26. The molecule has 2 rings (SSSR count). The molecular weight excluding hydrogens is 445 g/mol. The number of hydrogen-bond donors (Lipinski definition) is 1. The molecule has 1 aromatic rings. The summed E-state index contributed by atoms with van der Waals surface area (Å²) in [5.41, 5.74) is 1.22. The maximum absolute atomic E-state index is 10.1. The second-order valence-electron chi connectivity index (χ2n) is 9.78. The Morgan fingerprint density at radius 3 is 2.29 bits per heavy atom. The first-order valence-corrected chi connectivity index (χ1v) is 15.0. The molecule has 1 saturated heterocycles. The molecule has 1 fully saturated rings. The van der Waals surface area contributed by atoms with Crippen LogP contribution in [0.1, 0.15) is 103 Å². The lowest BCUT2D eigenvalue weighted by Gasteiger charge is -2.32. The Hall–Kier alpha value is -0.550. The molecule has 0 saturated carbocycles. The summed E-state index contributed by atoms with van der Waals surface area (Å²) in [5.74, 6) is 0. The van der Waals surface area contributed by atoms with Gasteiger partial charge in [0.05, 0.1) is 25.9 Å². The van der Waals surface area contributed by atoms with E-state index in [0.717, 1.165) is 32.4 Å². The van der Waals surface area contributed by atoms with Gasteiger partial charge in [0.2, 0.25) is 0 Å². The Balaban J connectivity index is 1.61. The number of benzene rings is 1. The van der Waals surface area contributed by atoms with Crippen LogP contribution in [0.25, 0.3) is 0 Å². The third kappa shape index (κ3) is 14.1. The van der Waals surface area contributed by atoms with Crippen LogP contribution < -0.4 is 0 Å². The lowest BCUT2D eigenvalue weighted by atomic mass is 10.0. The van der Waals surface area contributed by atoms with Crippen LogP contribution in [-0.4, -0.2) is 48.2 Å². The van der Waals surface area contributed by atoms with Crippen molar-refractivity contribution in [3.63, 3.8) is 0 Å². The smallest absolute Gasteiger partial charge is 0.329 e. The second-order valence-corrected chi connectivity index (χ2v) is 10.8. The van der Waals surface area contributed by atoms with E-state index in [1.165, 1.54) is 69.8 Å². The van der Waals surface area contributed by atoms with E-state index in [-0.39, 0.29) is 6.10 Å². The highest BCUT2D eigenvalue weighted by atomic mass is 31.2. The number of nitrogens with zero attached hydrogens (tertiary/aromatic N) is 1. The quantitative estimate of drug-likeness (QED) is 0.149. The molecule has 3 unspecified atom stereocenters. The molecule has 1 N–H and O–H groups in total. The van der Waals surface area contributed by atoms with E-state index in [4.69, 9.17) is 13.8 Å². The van der Waals surface area contributed by atoms with Gasteiger partial charge in [-0.15, -0.1) is 0 Å². The van der Waals surface area contributed by atoms with Gasteiger partial charge in [0.1, 0.15) is 0 Å². The summed E-state index contributed by atoms with van der Waals surface area (Å²) in [6, 6.07) is 10.7. The summed E-state index contributed by atoms with van der Waals surface area (Å²) in [4.78, 5) is 12.6. The molecule has 0 bridgehead atoms. The molecule has 34 heavy (non-hydrogen) atoms. The highest BCUT2D eigenvalue weighted by Crippen LogP contribution is 2.33. The molecule has 196 valence electrons. The van der Waals surface area contributed by atoms with Gasteiger partial charge >= 0.3 is 8.60 Å². The lowest BCUT2D eigenvalue weighted by Crippen LogP contribution is -2.39. The summed E-state index contributed by atoms with van der Waals surface area (Å²) in [6.07, 6.45) is 16.2. The van der Waals surface area contributed by atoms with Crippen LogP contribution in [0.4, 0.5) is 0 Å². The van der Waals surface area contributed by atoms with Gasteiger partial charge < -0.3 is 18.7 Å². The van der Waals surface area contributed by atoms with Crippen molar-refractivity contribution in [2.45, 2.75) is 116 Å². The van der Waals surface area contributed by atoms with Gasteiger partial charge in [-0.25, -0.2) is 0 Å². The van der Waals surface area contributed by atoms with Crippen molar-refractivity contribution in [2.75, 3.05) is 26.3 Å². The van der Waals surface area contributed by atoms with Gasteiger partial charge in [-0.3, -0.25) is 4.90 Å². The molecule has 1 heterocycles. The van der Waals surface area contributed by atoms with E-state index >= 15 is 0 Å². The van der Waals surface area contributed by atoms with Gasteiger partial charge in [-0.2, -0.15) is 0 Å². The molecule has 0 radical (unpaired) electrons. The van der Waals surface area contributed by atoms with E-state index in [2.05, 4.69) is 43.0 Å². The highest BCUT2D eigenvalue weighted by molar-refractivity contribution is 7.40. The topological polar surface area (TPSA) is 51.2 Å². The van der Waals surface area contributed by atoms with Crippen LogP contribution in [0.3, 0.4) is 0 Å². The number of unbranched alkanes of at least 4 members (excludes halogenated alkanes) is 6. The zero-order chi connectivity index (χ0) is 24.3. The number of rotatable bonds is 20. The van der Waals surface area contributed by atoms with E-state index in [1.807, 2.05) is 6.07 Å². The Labute approximate surface area is 210 Å². The summed E-state index contributed by atoms with van der Waals surface area (Å²) >= 11 is 0. The van der Waals surface area contributed by atoms with E-state index in [9.17, 15) is 4.89 Å². The van der Waals surface area contributed by atoms with Crippen molar-refractivity contribution < 1.29 is 18.7 Å². The first-order chi connectivity index (χ1) is 16.7. The number of likely N-dealkylation sites (tertiary alicyclic amines) is 1. The third-order valence-corrected chi connectivity index (χ3v) is 7.54. The maximum atomic E-state index is 10.1. The summed E-state index contributed by atoms with van der Waals surface area (Å²) in [5, 5.41) is 0. The third-order valence-electron chi connectivity index (χ3n) is 6.77. The molecule has 1 aliphatic rings. The van der Waals surface area contributed by atoms with Crippen molar-refractivity contribution in [2.24, 2.45) is 0 Å². The van der Waals surface area contributed by atoms with Crippen LogP contribution in [0.15, 0.2) is 30.3 Å². The Morgan fingerprint density at radius 2 is 1.56 bits per heavy atom. The van der Waals surface area contributed by atoms with Crippen LogP contribution >= 0.6 is 8.60 Å². The number of hydrogen-bond acceptors (Lipinski definition) is 5. The number of piperidine rings is 1. The van der Waals surface area contributed by atoms with E-state index in [0.29, 0.717) is 25.9 Å². The average molecular weight is 496 g/mol. The fraction of sp³-hybridized carbons (Fsp3) is 0.786. The van der Waals surface area contributed by atoms with Gasteiger partial charge in [-0.05, 0) is 57.7 Å². The van der Waals surface area contributed by atoms with Gasteiger partial charge in [0, 0.05) is 6.04 Å². The Kier molecular flexibility index (Phi) is 17.1. The normalized spacial score (nSPS) is 17.5. The summed E-state index contributed by atoms with van der Waals surface area (Å²) < 4.78 is 17.5. The molecule has 1 aromatic carbocycles. The first kappa shape index (κ1) is 29.7. The zero-order valence-electron chi connectivity index (χ0n) is 21.8. The van der Waals surface area contributed by atoms with Crippen molar-refractivity contribution in [3.05, 3.63) is 35.9 Å². The first-order valence-electron chi connectivity index (χ1n) is 13.8. The minimum absolute atomic E-state index is 0.240. The summed E-state index contributed by atoms with van der Waals surface area (Å²) in [6.45, 7) is 8.42. The van der Waals surface area contributed by atoms with Crippen LogP contribution in [0.5, 0.6) is 0 Å². The summed E-state index contributed by atoms with van der Waals surface area (Å²) in [7, 11) is -1.80. The maximum Gasteiger partial charge on any atom is 0.329 e. The lowest BCUT2D eigenvalue weighted by molar-refractivity contribution is 0.0236. The van der Waals surface area contributed by atoms with Crippen LogP contribution in [-0.2, 0) is 20.4 Å². The average Bonchev–Trinajstić information content (AvgIpc) is 2.88. The molecule has 0 amide bonds. The minimum atomic E-state index is -1.80. The number of ether oxygens (including phenoxy) is 1. The van der Waals surface area contributed by atoms with E-state index in [1.54, 1.807) is 0 Å². The van der Waals surface area contributed by atoms with Crippen molar-refractivity contribution >= 4 is 8.60 Å². The Morgan fingerprint density at radius 1 is 0.882 bits per heavy atom. The molecule has 1 aliphatic heterocycles. The molecule has 0 aromatic heterocycles. The van der Waals surface area contributed by atoms with Crippen LogP contribution in [0.2, 0.25) is 0 Å². The predicted octanol–water partition coefficient (Wildman–Crippen LogP) is 7.62. The van der Waals surface area contributed by atoms with Crippen molar-refractivity contribution in [1.82, 2.24) is 4.90 Å². The van der Waals surface area contributed by atoms with Crippen molar-refractivity contribution in [3.8, 4) is 0 Å². The zero-order valence-corrected chi connectivity index (χ0v) is 22.7. The standard InChI is InChI=1S/C28H50NO4P/c1-3-4-5-6-7-8-13-19-28(31-25-27-17-11-9-12-18-27)20-16-23-32-34(30)33-24-26(2)29-21-14-10-15-22-29/h9,11-12,17-18,26,28,30H,3-8,10,13-16,19-25H2,1-2H3. The molecule has 5 nitrogen and oxygen atoms in total. The van der Waals surface area contributed by atoms with E-state index < -0.39 is 8.60 Å². The molecule has 6 heteroatoms. The highest BCUT2D eigenvalue weighted by Gasteiger charge is 2.19. The molecule has 0 spiro atoms. The fourth-order valence-electron chi connectivity index (χ4n) is 4.56. The SMILES string of the molecule is CCCCCCCCCC(CCCOP(O)OCC(C)N1CCCCC1)OCc1ccccc1. The van der Waals surface area contributed by atoms with Gasteiger partial charge in [-0.1, -0.05) is 88.6 Å². The van der Waals surface area contributed by atoms with Gasteiger partial charge in [0.25, 0.3) is 0 Å². The molecular formula is C28H50NO4P. The monoisotopic (exact) mass is 495 g/mol. The predicted molar refractivity (Wildman–Crippen MR) is 143 cm³/mol. The second kappa shape index (κ2) is 19.6. The molecule has 3 atom stereocenters. The van der Waals surface area contributed by atoms with Crippen LogP contribution in [0, 0.1) is 0 Å². The van der Waals surface area contributed by atoms with Gasteiger partial charge in [0.15, 0.2) is 0 Å². The largest absolute Gasteiger partial charge is 0.374 e.